The Labute approximate surface area is 145 Å². The number of nitriles is 1. The number of halogens is 1. The molecule has 1 atom stereocenters. The number of aromatic nitrogens is 2. The van der Waals surface area contributed by atoms with Crippen molar-refractivity contribution in [3.05, 3.63) is 40.5 Å². The van der Waals surface area contributed by atoms with Crippen LogP contribution in [0.25, 0.3) is 11.3 Å². The van der Waals surface area contributed by atoms with Gasteiger partial charge in [-0.3, -0.25) is 9.48 Å². The third-order valence-electron chi connectivity index (χ3n) is 3.40. The monoisotopic (exact) mass is 346 g/mol. The molecule has 6 nitrogen and oxygen atoms in total. The van der Waals surface area contributed by atoms with Crippen molar-refractivity contribution in [1.82, 2.24) is 15.1 Å². The fourth-order valence-electron chi connectivity index (χ4n) is 2.20. The summed E-state index contributed by atoms with van der Waals surface area (Å²) in [5.41, 5.74) is 2.00. The molecule has 0 fully saturated rings. The lowest BCUT2D eigenvalue weighted by Gasteiger charge is -2.12. The van der Waals surface area contributed by atoms with Crippen LogP contribution in [0.1, 0.15) is 42.9 Å². The Balaban J connectivity index is 2.46. The normalized spacial score (nSPS) is 12.0. The molecule has 1 aromatic carbocycles. The molecular formula is C17H19ClN4O2. The lowest BCUT2D eigenvalue weighted by atomic mass is 10.1. The molecule has 1 heterocycles. The van der Waals surface area contributed by atoms with Crippen molar-refractivity contribution >= 4 is 17.5 Å². The molecule has 1 aromatic heterocycles. The zero-order valence-corrected chi connectivity index (χ0v) is 14.5. The van der Waals surface area contributed by atoms with Gasteiger partial charge < -0.3 is 10.4 Å². The van der Waals surface area contributed by atoms with Crippen molar-refractivity contribution in [2.45, 2.75) is 32.9 Å². The smallest absolute Gasteiger partial charge is 0.271 e. The van der Waals surface area contributed by atoms with E-state index < -0.39 is 6.10 Å². The molecular weight excluding hydrogens is 328 g/mol. The Kier molecular flexibility index (Phi) is 5.60. The molecule has 1 unspecified atom stereocenters. The summed E-state index contributed by atoms with van der Waals surface area (Å²) in [6.07, 6.45) is -0.652. The Morgan fingerprint density at radius 1 is 1.38 bits per heavy atom. The van der Waals surface area contributed by atoms with Crippen molar-refractivity contribution < 1.29 is 9.90 Å². The van der Waals surface area contributed by atoms with E-state index in [4.69, 9.17) is 16.9 Å². The number of hydrogen-bond acceptors (Lipinski definition) is 4. The molecule has 2 N–H and O–H groups in total. The third-order valence-corrected chi connectivity index (χ3v) is 3.76. The molecule has 0 saturated carbocycles. The Bertz CT molecular complexity index is 773. The standard InChI is InChI=1S/C17H19ClN4O2/c1-10(2)22-16(17(24)20-9-11(3)23)14(18)15(21-22)13-6-4-12(8-19)5-7-13/h4-7,10-11,23H,9H2,1-3H3,(H,20,24). The predicted octanol–water partition coefficient (Wildman–Crippen LogP) is 2.77. The fourth-order valence-corrected chi connectivity index (χ4v) is 2.52. The summed E-state index contributed by atoms with van der Waals surface area (Å²) >= 11 is 6.42. The first-order chi connectivity index (χ1) is 11.3. The zero-order valence-electron chi connectivity index (χ0n) is 13.7. The number of carbonyl (C=O) groups excluding carboxylic acids is 1. The molecule has 0 aliphatic carbocycles. The van der Waals surface area contributed by atoms with E-state index >= 15 is 0 Å². The number of benzene rings is 1. The zero-order chi connectivity index (χ0) is 17.9. The molecule has 126 valence electrons. The highest BCUT2D eigenvalue weighted by atomic mass is 35.5. The first kappa shape index (κ1) is 18.0. The van der Waals surface area contributed by atoms with Crippen molar-refractivity contribution in [3.8, 4) is 17.3 Å². The number of nitrogens with one attached hydrogen (secondary N) is 1. The second kappa shape index (κ2) is 7.47. The Morgan fingerprint density at radius 2 is 2.00 bits per heavy atom. The van der Waals surface area contributed by atoms with Gasteiger partial charge in [-0.1, -0.05) is 23.7 Å². The van der Waals surface area contributed by atoms with Gasteiger partial charge in [0.1, 0.15) is 11.4 Å². The molecule has 2 rings (SSSR count). The molecule has 0 spiro atoms. The molecule has 0 aliphatic heterocycles. The fraction of sp³-hybridized carbons (Fsp3) is 0.353. The predicted molar refractivity (Wildman–Crippen MR) is 91.8 cm³/mol. The summed E-state index contributed by atoms with van der Waals surface area (Å²) in [5, 5.41) is 25.6. The number of rotatable bonds is 5. The van der Waals surface area contributed by atoms with Gasteiger partial charge >= 0.3 is 0 Å². The molecule has 2 aromatic rings. The quantitative estimate of drug-likeness (QED) is 0.870. The largest absolute Gasteiger partial charge is 0.392 e. The van der Waals surface area contributed by atoms with Gasteiger partial charge in [-0.2, -0.15) is 10.4 Å². The highest BCUT2D eigenvalue weighted by Gasteiger charge is 2.24. The van der Waals surface area contributed by atoms with Crippen LogP contribution in [-0.2, 0) is 0 Å². The average molecular weight is 347 g/mol. The van der Waals surface area contributed by atoms with Gasteiger partial charge in [0.05, 0.1) is 22.8 Å². The van der Waals surface area contributed by atoms with Gasteiger partial charge in [-0.05, 0) is 32.9 Å². The minimum Gasteiger partial charge on any atom is -0.392 e. The van der Waals surface area contributed by atoms with Gasteiger partial charge in [0.15, 0.2) is 0 Å². The average Bonchev–Trinajstić information content (AvgIpc) is 2.90. The van der Waals surface area contributed by atoms with E-state index in [1.54, 1.807) is 35.9 Å². The summed E-state index contributed by atoms with van der Waals surface area (Å²) in [6, 6.07) is 8.82. The number of aliphatic hydroxyl groups is 1. The molecule has 7 heteroatoms. The topological polar surface area (TPSA) is 90.9 Å². The van der Waals surface area contributed by atoms with E-state index in [1.165, 1.54) is 0 Å². The van der Waals surface area contributed by atoms with Gasteiger partial charge in [0, 0.05) is 18.2 Å². The van der Waals surface area contributed by atoms with Gasteiger partial charge in [0.2, 0.25) is 0 Å². The minimum atomic E-state index is -0.652. The van der Waals surface area contributed by atoms with Gasteiger partial charge in [0.25, 0.3) is 5.91 Å². The SMILES string of the molecule is CC(O)CNC(=O)c1c(Cl)c(-c2ccc(C#N)cc2)nn1C(C)C. The van der Waals surface area contributed by atoms with E-state index in [0.717, 1.165) is 5.56 Å². The molecule has 0 aliphatic rings. The lowest BCUT2D eigenvalue weighted by Crippen LogP contribution is -2.32. The molecule has 0 saturated heterocycles. The van der Waals surface area contributed by atoms with Crippen molar-refractivity contribution in [3.63, 3.8) is 0 Å². The second-order valence-corrected chi connectivity index (χ2v) is 6.18. The number of carbonyl (C=O) groups is 1. The number of aliphatic hydroxyl groups excluding tert-OH is 1. The van der Waals surface area contributed by atoms with Crippen LogP contribution in [-0.4, -0.2) is 33.4 Å². The van der Waals surface area contributed by atoms with Crippen LogP contribution in [0.4, 0.5) is 0 Å². The number of nitrogens with zero attached hydrogens (tertiary/aromatic N) is 3. The third kappa shape index (κ3) is 3.75. The summed E-state index contributed by atoms with van der Waals surface area (Å²) in [6.45, 7) is 5.52. The first-order valence-electron chi connectivity index (χ1n) is 7.60. The van der Waals surface area contributed by atoms with Gasteiger partial charge in [-0.15, -0.1) is 0 Å². The second-order valence-electron chi connectivity index (χ2n) is 5.80. The van der Waals surface area contributed by atoms with Crippen LogP contribution in [0.5, 0.6) is 0 Å². The van der Waals surface area contributed by atoms with Crippen LogP contribution in [0.3, 0.4) is 0 Å². The summed E-state index contributed by atoms with van der Waals surface area (Å²) in [5.74, 6) is -0.387. The van der Waals surface area contributed by atoms with Gasteiger partial charge in [-0.25, -0.2) is 0 Å². The van der Waals surface area contributed by atoms with Crippen molar-refractivity contribution in [2.24, 2.45) is 0 Å². The molecule has 0 bridgehead atoms. The van der Waals surface area contributed by atoms with Crippen molar-refractivity contribution in [2.75, 3.05) is 6.54 Å². The molecule has 24 heavy (non-hydrogen) atoms. The lowest BCUT2D eigenvalue weighted by molar-refractivity contribution is 0.0911. The Hall–Kier alpha value is -2.36. The van der Waals surface area contributed by atoms with Crippen LogP contribution in [0.2, 0.25) is 5.02 Å². The maximum absolute atomic E-state index is 12.4. The maximum Gasteiger partial charge on any atom is 0.271 e. The summed E-state index contributed by atoms with van der Waals surface area (Å²) in [7, 11) is 0. The highest BCUT2D eigenvalue weighted by molar-refractivity contribution is 6.36. The van der Waals surface area contributed by atoms with Crippen LogP contribution < -0.4 is 5.32 Å². The maximum atomic E-state index is 12.4. The van der Waals surface area contributed by atoms with E-state index in [2.05, 4.69) is 16.5 Å². The van der Waals surface area contributed by atoms with Crippen molar-refractivity contribution in [1.29, 1.82) is 5.26 Å². The molecule has 0 radical (unpaired) electrons. The summed E-state index contributed by atoms with van der Waals surface area (Å²) in [4.78, 5) is 12.4. The van der Waals surface area contributed by atoms with E-state index in [0.29, 0.717) is 11.3 Å². The molecule has 1 amide bonds. The Morgan fingerprint density at radius 3 is 2.50 bits per heavy atom. The highest BCUT2D eigenvalue weighted by Crippen LogP contribution is 2.31. The number of hydrogen-bond donors (Lipinski definition) is 2. The minimum absolute atomic E-state index is 0.0677. The summed E-state index contributed by atoms with van der Waals surface area (Å²) < 4.78 is 1.56. The number of amides is 1. The van der Waals surface area contributed by atoms with E-state index in [-0.39, 0.29) is 29.2 Å². The van der Waals surface area contributed by atoms with Crippen LogP contribution >= 0.6 is 11.6 Å². The van der Waals surface area contributed by atoms with E-state index in [9.17, 15) is 9.90 Å². The van der Waals surface area contributed by atoms with E-state index in [1.807, 2.05) is 13.8 Å². The first-order valence-corrected chi connectivity index (χ1v) is 7.97. The van der Waals surface area contributed by atoms with Crippen LogP contribution in [0, 0.1) is 11.3 Å². The van der Waals surface area contributed by atoms with Crippen LogP contribution in [0.15, 0.2) is 24.3 Å².